The maximum Gasteiger partial charge on any atom is 0.220 e. The minimum absolute atomic E-state index is 0.180. The first-order valence-corrected chi connectivity index (χ1v) is 8.91. The summed E-state index contributed by atoms with van der Waals surface area (Å²) in [6.07, 6.45) is 4.10. The first kappa shape index (κ1) is 18.0. The highest BCUT2D eigenvalue weighted by molar-refractivity contribution is 5.75. The van der Waals surface area contributed by atoms with Crippen molar-refractivity contribution in [3.8, 4) is 0 Å². The highest BCUT2D eigenvalue weighted by Crippen LogP contribution is 2.17. The van der Waals surface area contributed by atoms with Crippen LogP contribution in [0.5, 0.6) is 0 Å². The standard InChI is InChI=1S/C19H31N3O/c1-3-22(2)15-18-6-4-5-17(13-18)14-21-19(23)8-7-16-9-11-20-12-10-16/h4-6,13,16,20H,3,7-12,14-15H2,1-2H3,(H,21,23). The monoisotopic (exact) mass is 317 g/mol. The summed E-state index contributed by atoms with van der Waals surface area (Å²) in [5.74, 6) is 0.898. The zero-order valence-electron chi connectivity index (χ0n) is 14.6. The lowest BCUT2D eigenvalue weighted by molar-refractivity contribution is -0.121. The van der Waals surface area contributed by atoms with Crippen LogP contribution in [0, 0.1) is 5.92 Å². The topological polar surface area (TPSA) is 44.4 Å². The number of nitrogens with one attached hydrogen (secondary N) is 2. The Morgan fingerprint density at radius 1 is 1.30 bits per heavy atom. The van der Waals surface area contributed by atoms with Crippen LogP contribution in [0.15, 0.2) is 24.3 Å². The van der Waals surface area contributed by atoms with Crippen molar-refractivity contribution in [2.24, 2.45) is 5.92 Å². The fourth-order valence-corrected chi connectivity index (χ4v) is 3.06. The Kier molecular flexibility index (Phi) is 7.56. The van der Waals surface area contributed by atoms with E-state index in [-0.39, 0.29) is 5.91 Å². The van der Waals surface area contributed by atoms with E-state index in [2.05, 4.69) is 53.8 Å². The van der Waals surface area contributed by atoms with E-state index in [0.717, 1.165) is 38.5 Å². The fraction of sp³-hybridized carbons (Fsp3) is 0.632. The lowest BCUT2D eigenvalue weighted by Crippen LogP contribution is -2.29. The van der Waals surface area contributed by atoms with Gasteiger partial charge in [-0.1, -0.05) is 31.2 Å². The van der Waals surface area contributed by atoms with Gasteiger partial charge in [0.2, 0.25) is 5.91 Å². The Morgan fingerprint density at radius 2 is 2.04 bits per heavy atom. The van der Waals surface area contributed by atoms with Crippen molar-refractivity contribution >= 4 is 5.91 Å². The average molecular weight is 317 g/mol. The number of carbonyl (C=O) groups excluding carboxylic acids is 1. The molecule has 1 aromatic rings. The molecule has 2 rings (SSSR count). The third-order valence-corrected chi connectivity index (χ3v) is 4.71. The Balaban J connectivity index is 1.71. The molecule has 0 radical (unpaired) electrons. The number of hydrogen-bond acceptors (Lipinski definition) is 3. The van der Waals surface area contributed by atoms with Gasteiger partial charge in [-0.15, -0.1) is 0 Å². The van der Waals surface area contributed by atoms with Gasteiger partial charge in [-0.05, 0) is 63.0 Å². The number of hydrogen-bond donors (Lipinski definition) is 2. The number of rotatable bonds is 8. The van der Waals surface area contributed by atoms with E-state index in [9.17, 15) is 4.79 Å². The second-order valence-corrected chi connectivity index (χ2v) is 6.66. The van der Waals surface area contributed by atoms with E-state index in [1.165, 1.54) is 24.0 Å². The van der Waals surface area contributed by atoms with E-state index in [4.69, 9.17) is 0 Å². The molecule has 1 aromatic carbocycles. The van der Waals surface area contributed by atoms with Crippen LogP contribution in [0.25, 0.3) is 0 Å². The largest absolute Gasteiger partial charge is 0.352 e. The minimum atomic E-state index is 0.180. The zero-order chi connectivity index (χ0) is 16.5. The van der Waals surface area contributed by atoms with E-state index in [1.54, 1.807) is 0 Å². The van der Waals surface area contributed by atoms with Gasteiger partial charge >= 0.3 is 0 Å². The minimum Gasteiger partial charge on any atom is -0.352 e. The molecule has 4 heteroatoms. The number of carbonyl (C=O) groups is 1. The Labute approximate surface area is 140 Å². The molecule has 128 valence electrons. The lowest BCUT2D eigenvalue weighted by atomic mass is 9.93. The van der Waals surface area contributed by atoms with Crippen LogP contribution in [0.4, 0.5) is 0 Å². The second-order valence-electron chi connectivity index (χ2n) is 6.66. The molecule has 0 bridgehead atoms. The molecule has 1 aliphatic rings. The van der Waals surface area contributed by atoms with Gasteiger partial charge in [-0.3, -0.25) is 4.79 Å². The van der Waals surface area contributed by atoms with Gasteiger partial charge in [0.15, 0.2) is 0 Å². The van der Waals surface area contributed by atoms with Crippen LogP contribution in [0.2, 0.25) is 0 Å². The average Bonchev–Trinajstić information content (AvgIpc) is 2.59. The first-order chi connectivity index (χ1) is 11.2. The predicted molar refractivity (Wildman–Crippen MR) is 95.1 cm³/mol. The summed E-state index contributed by atoms with van der Waals surface area (Å²) in [4.78, 5) is 14.3. The van der Waals surface area contributed by atoms with Crippen LogP contribution in [0.3, 0.4) is 0 Å². The van der Waals surface area contributed by atoms with Gasteiger partial charge in [0, 0.05) is 19.5 Å². The summed E-state index contributed by atoms with van der Waals surface area (Å²) in [5, 5.41) is 6.43. The zero-order valence-corrected chi connectivity index (χ0v) is 14.6. The Hall–Kier alpha value is -1.39. The smallest absolute Gasteiger partial charge is 0.220 e. The molecule has 1 heterocycles. The van der Waals surface area contributed by atoms with E-state index < -0.39 is 0 Å². The van der Waals surface area contributed by atoms with Crippen molar-refractivity contribution in [3.05, 3.63) is 35.4 Å². The number of piperidine rings is 1. The van der Waals surface area contributed by atoms with Crippen LogP contribution in [-0.2, 0) is 17.9 Å². The molecular formula is C19H31N3O. The van der Waals surface area contributed by atoms with Gasteiger partial charge in [-0.2, -0.15) is 0 Å². The lowest BCUT2D eigenvalue weighted by Gasteiger charge is -2.22. The number of amides is 1. The van der Waals surface area contributed by atoms with Crippen molar-refractivity contribution in [3.63, 3.8) is 0 Å². The predicted octanol–water partition coefficient (Wildman–Crippen LogP) is 2.53. The fourth-order valence-electron chi connectivity index (χ4n) is 3.06. The molecule has 0 aliphatic carbocycles. The highest BCUT2D eigenvalue weighted by atomic mass is 16.1. The SMILES string of the molecule is CCN(C)Cc1cccc(CNC(=O)CCC2CCNCC2)c1. The molecule has 0 saturated carbocycles. The Bertz CT molecular complexity index is 483. The molecule has 4 nitrogen and oxygen atoms in total. The normalized spacial score (nSPS) is 15.8. The molecule has 1 saturated heterocycles. The molecule has 0 spiro atoms. The van der Waals surface area contributed by atoms with Crippen LogP contribution in [0.1, 0.15) is 43.7 Å². The van der Waals surface area contributed by atoms with Crippen LogP contribution >= 0.6 is 0 Å². The summed E-state index contributed by atoms with van der Waals surface area (Å²) < 4.78 is 0. The molecule has 23 heavy (non-hydrogen) atoms. The quantitative estimate of drug-likeness (QED) is 0.774. The summed E-state index contributed by atoms with van der Waals surface area (Å²) in [5.41, 5.74) is 2.48. The van der Waals surface area contributed by atoms with E-state index in [1.807, 2.05) is 0 Å². The van der Waals surface area contributed by atoms with Gasteiger partial charge in [-0.25, -0.2) is 0 Å². The van der Waals surface area contributed by atoms with Gasteiger partial charge < -0.3 is 15.5 Å². The summed E-state index contributed by atoms with van der Waals surface area (Å²) in [6.45, 7) is 6.99. The molecular weight excluding hydrogens is 286 g/mol. The molecule has 1 aliphatic heterocycles. The Morgan fingerprint density at radius 3 is 2.78 bits per heavy atom. The molecule has 1 amide bonds. The summed E-state index contributed by atoms with van der Waals surface area (Å²) in [7, 11) is 2.12. The molecule has 0 unspecified atom stereocenters. The van der Waals surface area contributed by atoms with Gasteiger partial charge in [0.25, 0.3) is 0 Å². The second kappa shape index (κ2) is 9.68. The van der Waals surface area contributed by atoms with Crippen molar-refractivity contribution in [1.82, 2.24) is 15.5 Å². The van der Waals surface area contributed by atoms with Crippen molar-refractivity contribution in [2.45, 2.75) is 45.7 Å². The third kappa shape index (κ3) is 6.71. The van der Waals surface area contributed by atoms with Gasteiger partial charge in [0.05, 0.1) is 0 Å². The number of nitrogens with zero attached hydrogens (tertiary/aromatic N) is 1. The van der Waals surface area contributed by atoms with E-state index in [0.29, 0.717) is 13.0 Å². The number of benzene rings is 1. The maximum absolute atomic E-state index is 12.0. The van der Waals surface area contributed by atoms with Crippen molar-refractivity contribution in [2.75, 3.05) is 26.7 Å². The van der Waals surface area contributed by atoms with Crippen molar-refractivity contribution < 1.29 is 4.79 Å². The summed E-state index contributed by atoms with van der Waals surface area (Å²) >= 11 is 0. The van der Waals surface area contributed by atoms with Gasteiger partial charge in [0.1, 0.15) is 0 Å². The molecule has 0 aromatic heterocycles. The molecule has 0 atom stereocenters. The third-order valence-electron chi connectivity index (χ3n) is 4.71. The highest BCUT2D eigenvalue weighted by Gasteiger charge is 2.14. The first-order valence-electron chi connectivity index (χ1n) is 8.91. The van der Waals surface area contributed by atoms with Crippen LogP contribution in [-0.4, -0.2) is 37.5 Å². The van der Waals surface area contributed by atoms with Crippen molar-refractivity contribution in [1.29, 1.82) is 0 Å². The molecule has 1 fully saturated rings. The van der Waals surface area contributed by atoms with E-state index >= 15 is 0 Å². The maximum atomic E-state index is 12.0. The summed E-state index contributed by atoms with van der Waals surface area (Å²) in [6, 6.07) is 8.51. The van der Waals surface area contributed by atoms with Crippen LogP contribution < -0.4 is 10.6 Å². The molecule has 2 N–H and O–H groups in total.